The molecule has 0 spiro atoms. The minimum absolute atomic E-state index is 0.0277. The highest BCUT2D eigenvalue weighted by molar-refractivity contribution is 8.12. The summed E-state index contributed by atoms with van der Waals surface area (Å²) in [6.45, 7) is 9.30. The second kappa shape index (κ2) is 12.4. The Bertz CT molecular complexity index is 601. The Hall–Kier alpha value is -0.0800. The Morgan fingerprint density at radius 1 is 1.12 bits per heavy atom. The van der Waals surface area contributed by atoms with Crippen LogP contribution in [0.15, 0.2) is 31.1 Å². The number of nitrogens with one attached hydrogen (secondary N) is 1. The topological polar surface area (TPSA) is 46.2 Å². The average molecular weight is 432 g/mol. The standard InChI is InChI=1S/C19H29NO2S4/c1-12(2)25-11-17(19(23)24)26-18(14(4)21)13(3)16(22)10-20-15-8-6-5-7-9-15/h15,20,23-24H,1,5-11H2,2-4H3/b18-13+. The molecule has 0 aromatic rings. The van der Waals surface area contributed by atoms with Gasteiger partial charge in [0, 0.05) is 26.5 Å². The van der Waals surface area contributed by atoms with E-state index in [1.165, 1.54) is 37.9 Å². The molecule has 146 valence electrons. The van der Waals surface area contributed by atoms with Crippen LogP contribution in [0.1, 0.15) is 52.9 Å². The highest BCUT2D eigenvalue weighted by atomic mass is 32.2. The largest absolute Gasteiger partial charge is 0.307 e. The van der Waals surface area contributed by atoms with Gasteiger partial charge in [-0.3, -0.25) is 9.59 Å². The van der Waals surface area contributed by atoms with E-state index in [0.29, 0.717) is 26.5 Å². The normalized spacial score (nSPS) is 16.0. The number of Topliss-reactive ketones (excluding diaryl/α,β-unsaturated/α-hetero) is 2. The van der Waals surface area contributed by atoms with Gasteiger partial charge >= 0.3 is 0 Å². The van der Waals surface area contributed by atoms with Crippen molar-refractivity contribution < 1.29 is 9.59 Å². The fraction of sp³-hybridized carbons (Fsp3) is 0.579. The van der Waals surface area contributed by atoms with Gasteiger partial charge in [0.15, 0.2) is 11.6 Å². The van der Waals surface area contributed by atoms with Crippen molar-refractivity contribution in [3.63, 3.8) is 0 Å². The van der Waals surface area contributed by atoms with Gasteiger partial charge in [-0.15, -0.1) is 37.0 Å². The highest BCUT2D eigenvalue weighted by Gasteiger charge is 2.20. The summed E-state index contributed by atoms with van der Waals surface area (Å²) in [5.41, 5.74) is 0.506. The maximum absolute atomic E-state index is 12.6. The summed E-state index contributed by atoms with van der Waals surface area (Å²) in [6.07, 6.45) is 5.96. The molecule has 0 radical (unpaired) electrons. The van der Waals surface area contributed by atoms with Crippen molar-refractivity contribution >= 4 is 60.3 Å². The first-order valence-corrected chi connectivity index (χ1v) is 11.5. The molecule has 0 bridgehead atoms. The van der Waals surface area contributed by atoms with Crippen LogP contribution in [0.2, 0.25) is 0 Å². The first-order chi connectivity index (χ1) is 12.2. The zero-order chi connectivity index (χ0) is 19.7. The van der Waals surface area contributed by atoms with Crippen LogP contribution in [0.3, 0.4) is 0 Å². The van der Waals surface area contributed by atoms with E-state index in [0.717, 1.165) is 22.7 Å². The van der Waals surface area contributed by atoms with E-state index in [1.54, 1.807) is 18.7 Å². The Balaban J connectivity index is 2.82. The zero-order valence-electron chi connectivity index (χ0n) is 15.8. The number of hydrogen-bond acceptors (Lipinski definition) is 7. The van der Waals surface area contributed by atoms with Crippen molar-refractivity contribution in [2.75, 3.05) is 12.3 Å². The number of ketones is 2. The number of carbonyl (C=O) groups excluding carboxylic acids is 2. The molecule has 1 aliphatic rings. The number of rotatable bonds is 10. The second-order valence-electron chi connectivity index (χ2n) is 6.49. The lowest BCUT2D eigenvalue weighted by Gasteiger charge is -2.22. The van der Waals surface area contributed by atoms with Gasteiger partial charge in [-0.25, -0.2) is 0 Å². The smallest absolute Gasteiger partial charge is 0.173 e. The van der Waals surface area contributed by atoms with Crippen molar-refractivity contribution in [3.05, 3.63) is 31.1 Å². The Kier molecular flexibility index (Phi) is 11.4. The minimum Gasteiger partial charge on any atom is -0.307 e. The number of allylic oxidation sites excluding steroid dienone is 2. The summed E-state index contributed by atoms with van der Waals surface area (Å²) >= 11 is 11.5. The SMILES string of the molecule is C=C(C)SCC(S/C(C(C)=O)=C(\C)C(=O)CNC1CCCCC1)=C(S)S. The van der Waals surface area contributed by atoms with Gasteiger partial charge in [-0.2, -0.15) is 0 Å². The van der Waals surface area contributed by atoms with Crippen molar-refractivity contribution in [2.45, 2.75) is 58.9 Å². The van der Waals surface area contributed by atoms with Gasteiger partial charge in [0.05, 0.1) is 11.4 Å². The lowest BCUT2D eigenvalue weighted by Crippen LogP contribution is -2.35. The van der Waals surface area contributed by atoms with E-state index in [4.69, 9.17) is 0 Å². The number of thioether (sulfide) groups is 2. The van der Waals surface area contributed by atoms with Crippen LogP contribution < -0.4 is 5.32 Å². The highest BCUT2D eigenvalue weighted by Crippen LogP contribution is 2.36. The van der Waals surface area contributed by atoms with Gasteiger partial charge in [0.1, 0.15) is 0 Å². The molecule has 26 heavy (non-hydrogen) atoms. The molecule has 1 rings (SSSR count). The summed E-state index contributed by atoms with van der Waals surface area (Å²) in [5, 5.41) is 3.35. The quantitative estimate of drug-likeness (QED) is 0.321. The molecule has 0 atom stereocenters. The van der Waals surface area contributed by atoms with Crippen molar-refractivity contribution in [1.82, 2.24) is 5.32 Å². The Labute approximate surface area is 177 Å². The van der Waals surface area contributed by atoms with Gasteiger partial charge in [0.25, 0.3) is 0 Å². The maximum atomic E-state index is 12.6. The van der Waals surface area contributed by atoms with Crippen LogP contribution in [0.5, 0.6) is 0 Å². The van der Waals surface area contributed by atoms with Gasteiger partial charge in [0.2, 0.25) is 0 Å². The predicted octanol–water partition coefficient (Wildman–Crippen LogP) is 5.37. The van der Waals surface area contributed by atoms with E-state index >= 15 is 0 Å². The Morgan fingerprint density at radius 2 is 1.73 bits per heavy atom. The molecule has 0 aromatic heterocycles. The van der Waals surface area contributed by atoms with E-state index < -0.39 is 0 Å². The first-order valence-electron chi connectivity index (χ1n) is 8.78. The fourth-order valence-corrected chi connectivity index (χ4v) is 5.00. The van der Waals surface area contributed by atoms with E-state index in [2.05, 4.69) is 37.2 Å². The average Bonchev–Trinajstić information content (AvgIpc) is 2.59. The van der Waals surface area contributed by atoms with Gasteiger partial charge in [-0.1, -0.05) is 37.6 Å². The fourth-order valence-electron chi connectivity index (χ4n) is 2.67. The molecule has 0 amide bonds. The molecule has 7 heteroatoms. The molecule has 1 N–H and O–H groups in total. The number of hydrogen-bond donors (Lipinski definition) is 3. The second-order valence-corrected chi connectivity index (χ2v) is 10.1. The summed E-state index contributed by atoms with van der Waals surface area (Å²) in [7, 11) is 0. The monoisotopic (exact) mass is 431 g/mol. The van der Waals surface area contributed by atoms with E-state index in [-0.39, 0.29) is 18.1 Å². The van der Waals surface area contributed by atoms with Crippen LogP contribution in [-0.4, -0.2) is 29.9 Å². The van der Waals surface area contributed by atoms with Crippen molar-refractivity contribution in [2.24, 2.45) is 0 Å². The van der Waals surface area contributed by atoms with Crippen LogP contribution in [0.4, 0.5) is 0 Å². The van der Waals surface area contributed by atoms with E-state index in [1.807, 2.05) is 6.92 Å². The van der Waals surface area contributed by atoms with Gasteiger partial charge < -0.3 is 5.32 Å². The summed E-state index contributed by atoms with van der Waals surface area (Å²) in [6, 6.07) is 0.415. The molecule has 0 aliphatic heterocycles. The number of carbonyl (C=O) groups is 2. The van der Waals surface area contributed by atoms with Crippen LogP contribution in [-0.2, 0) is 9.59 Å². The predicted molar refractivity (Wildman–Crippen MR) is 123 cm³/mol. The lowest BCUT2D eigenvalue weighted by atomic mass is 9.95. The molecule has 0 unspecified atom stereocenters. The first kappa shape index (κ1) is 24.0. The lowest BCUT2D eigenvalue weighted by molar-refractivity contribution is -0.116. The third kappa shape index (κ3) is 8.74. The number of thiol groups is 2. The van der Waals surface area contributed by atoms with Crippen LogP contribution >= 0.6 is 48.8 Å². The summed E-state index contributed by atoms with van der Waals surface area (Å²) in [5.74, 6) is 0.486. The molecule has 1 saturated carbocycles. The maximum Gasteiger partial charge on any atom is 0.173 e. The van der Waals surface area contributed by atoms with Crippen LogP contribution in [0.25, 0.3) is 0 Å². The molecular formula is C19H29NO2S4. The van der Waals surface area contributed by atoms with Crippen molar-refractivity contribution in [1.29, 1.82) is 0 Å². The molecule has 3 nitrogen and oxygen atoms in total. The molecule has 0 saturated heterocycles. The molecule has 1 fully saturated rings. The van der Waals surface area contributed by atoms with Gasteiger partial charge in [-0.05, 0) is 38.5 Å². The Morgan fingerprint density at radius 3 is 2.23 bits per heavy atom. The third-order valence-corrected chi connectivity index (χ3v) is 7.50. The summed E-state index contributed by atoms with van der Waals surface area (Å²) < 4.78 is 0.558. The van der Waals surface area contributed by atoms with Crippen molar-refractivity contribution in [3.8, 4) is 0 Å². The minimum atomic E-state index is -0.112. The van der Waals surface area contributed by atoms with E-state index in [9.17, 15) is 9.59 Å². The molecular weight excluding hydrogens is 402 g/mol. The van der Waals surface area contributed by atoms with Crippen LogP contribution in [0, 0.1) is 0 Å². The third-order valence-electron chi connectivity index (χ3n) is 4.16. The molecule has 1 aliphatic carbocycles. The summed E-state index contributed by atoms with van der Waals surface area (Å²) in [4.78, 5) is 27.0. The zero-order valence-corrected chi connectivity index (χ0v) is 19.2. The molecule has 0 aromatic carbocycles. The molecule has 0 heterocycles.